The summed E-state index contributed by atoms with van der Waals surface area (Å²) in [4.78, 5) is 0. The fourth-order valence-corrected chi connectivity index (χ4v) is 0.730. The molecule has 0 N–H and O–H groups in total. The molecule has 13 heavy (non-hydrogen) atoms. The maximum atomic E-state index is 12.5. The first kappa shape index (κ1) is 14.2. The summed E-state index contributed by atoms with van der Waals surface area (Å²) in [5, 5.41) is 8.47. The van der Waals surface area contributed by atoms with E-state index < -0.39 is 5.83 Å². The molecule has 0 spiro atoms. The minimum Gasteiger partial charge on any atom is -0.206 e. The van der Waals surface area contributed by atoms with E-state index >= 15 is 0 Å². The van der Waals surface area contributed by atoms with Crippen LogP contribution in [0.25, 0.3) is 0 Å². The lowest BCUT2D eigenvalue weighted by atomic mass is 10.1. The Bertz CT molecular complexity index is 243. The van der Waals surface area contributed by atoms with Crippen LogP contribution in [-0.2, 0) is 0 Å². The van der Waals surface area contributed by atoms with Gasteiger partial charge in [-0.25, -0.2) is 4.39 Å². The van der Waals surface area contributed by atoms with Crippen LogP contribution in [0.5, 0.6) is 0 Å². The second kappa shape index (κ2) is 8.73. The van der Waals surface area contributed by atoms with Crippen molar-refractivity contribution in [3.05, 3.63) is 36.2 Å². The Morgan fingerprint density at radius 3 is 2.08 bits per heavy atom. The van der Waals surface area contributed by atoms with Crippen LogP contribution in [0.4, 0.5) is 4.39 Å². The molecule has 0 aliphatic rings. The molecule has 0 aliphatic carbocycles. The van der Waals surface area contributed by atoms with E-state index in [4.69, 9.17) is 5.26 Å². The molecule has 0 unspecified atom stereocenters. The van der Waals surface area contributed by atoms with E-state index in [0.717, 1.165) is 0 Å². The number of nitrogens with zero attached hydrogens (tertiary/aromatic N) is 1. The van der Waals surface area contributed by atoms with Gasteiger partial charge in [0.1, 0.15) is 11.9 Å². The monoisotopic (exact) mass is 181 g/mol. The fourth-order valence-electron chi connectivity index (χ4n) is 0.730. The van der Waals surface area contributed by atoms with E-state index in [0.29, 0.717) is 12.0 Å². The average molecular weight is 181 g/mol. The number of nitriles is 1. The van der Waals surface area contributed by atoms with Gasteiger partial charge in [0.15, 0.2) is 0 Å². The molecule has 0 aromatic rings. The third kappa shape index (κ3) is 4.97. The smallest absolute Gasteiger partial charge is 0.134 e. The number of allylic oxidation sites excluding steroid dienone is 4. The molecule has 72 valence electrons. The predicted molar refractivity (Wildman–Crippen MR) is 54.7 cm³/mol. The van der Waals surface area contributed by atoms with Crippen molar-refractivity contribution in [2.24, 2.45) is 0 Å². The van der Waals surface area contributed by atoms with Gasteiger partial charge in [0.2, 0.25) is 0 Å². The Morgan fingerprint density at radius 1 is 1.54 bits per heavy atom. The molecule has 0 saturated carbocycles. The first-order valence-electron chi connectivity index (χ1n) is 4.27. The van der Waals surface area contributed by atoms with Crippen molar-refractivity contribution in [3.63, 3.8) is 0 Å². The summed E-state index contributed by atoms with van der Waals surface area (Å²) in [5.41, 5.74) is 0.600. The Hall–Kier alpha value is -1.36. The van der Waals surface area contributed by atoms with Crippen LogP contribution in [0.1, 0.15) is 27.2 Å². The van der Waals surface area contributed by atoms with E-state index in [-0.39, 0.29) is 5.57 Å². The normalized spacial score (nSPS) is 10.1. The van der Waals surface area contributed by atoms with Crippen molar-refractivity contribution in [3.8, 4) is 6.07 Å². The van der Waals surface area contributed by atoms with Gasteiger partial charge in [0.25, 0.3) is 0 Å². The van der Waals surface area contributed by atoms with Crippen LogP contribution in [-0.4, -0.2) is 0 Å². The van der Waals surface area contributed by atoms with Gasteiger partial charge in [0, 0.05) is 0 Å². The zero-order valence-corrected chi connectivity index (χ0v) is 8.52. The van der Waals surface area contributed by atoms with Crippen LogP contribution in [0.3, 0.4) is 0 Å². The van der Waals surface area contributed by atoms with Crippen molar-refractivity contribution in [2.75, 3.05) is 0 Å². The Morgan fingerprint density at radius 2 is 2.00 bits per heavy atom. The summed E-state index contributed by atoms with van der Waals surface area (Å²) in [6, 6.07) is 1.74. The zero-order valence-electron chi connectivity index (χ0n) is 8.52. The van der Waals surface area contributed by atoms with Gasteiger partial charge >= 0.3 is 0 Å². The maximum absolute atomic E-state index is 12.5. The molecule has 0 rings (SSSR count). The summed E-state index contributed by atoms with van der Waals surface area (Å²) >= 11 is 0. The zero-order chi connectivity index (χ0) is 10.9. The number of halogens is 1. The Labute approximate surface area is 79.9 Å². The summed E-state index contributed by atoms with van der Waals surface area (Å²) in [6.07, 6.45) is 2.07. The largest absolute Gasteiger partial charge is 0.206 e. The molecule has 1 nitrogen and oxygen atoms in total. The van der Waals surface area contributed by atoms with Gasteiger partial charge < -0.3 is 0 Å². The van der Waals surface area contributed by atoms with Crippen LogP contribution < -0.4 is 0 Å². The van der Waals surface area contributed by atoms with Crippen molar-refractivity contribution in [1.82, 2.24) is 0 Å². The number of hydrogen-bond acceptors (Lipinski definition) is 1. The van der Waals surface area contributed by atoms with Gasteiger partial charge in [-0.3, -0.25) is 0 Å². The summed E-state index contributed by atoms with van der Waals surface area (Å²) in [7, 11) is 0. The highest BCUT2D eigenvalue weighted by molar-refractivity contribution is 5.44. The summed E-state index contributed by atoms with van der Waals surface area (Å²) in [6.45, 7) is 12.3. The van der Waals surface area contributed by atoms with Gasteiger partial charge in [0.05, 0.1) is 5.57 Å². The molecule has 0 bridgehead atoms. The molecular formula is C11H16FN. The first-order chi connectivity index (χ1) is 6.17. The van der Waals surface area contributed by atoms with E-state index in [2.05, 4.69) is 13.2 Å². The molecule has 0 aromatic carbocycles. The third-order valence-corrected chi connectivity index (χ3v) is 1.33. The molecular weight excluding hydrogens is 165 g/mol. The SMILES string of the molecule is C=C/C(CC)=C(/C#N)C(=C)F.CC. The maximum Gasteiger partial charge on any atom is 0.134 e. The van der Waals surface area contributed by atoms with E-state index in [1.54, 1.807) is 6.07 Å². The molecule has 0 aliphatic heterocycles. The second-order valence-electron chi connectivity index (χ2n) is 1.97. The van der Waals surface area contributed by atoms with Gasteiger partial charge in [-0.2, -0.15) is 5.26 Å². The second-order valence-corrected chi connectivity index (χ2v) is 1.97. The van der Waals surface area contributed by atoms with Crippen LogP contribution in [0, 0.1) is 11.3 Å². The highest BCUT2D eigenvalue weighted by Crippen LogP contribution is 2.16. The average Bonchev–Trinajstić information content (AvgIpc) is 2.16. The van der Waals surface area contributed by atoms with Crippen molar-refractivity contribution in [1.29, 1.82) is 5.26 Å². The lowest BCUT2D eigenvalue weighted by Gasteiger charge is -1.98. The van der Waals surface area contributed by atoms with Crippen LogP contribution in [0.15, 0.2) is 36.2 Å². The highest BCUT2D eigenvalue weighted by atomic mass is 19.1. The fraction of sp³-hybridized carbons (Fsp3) is 0.364. The number of rotatable bonds is 3. The standard InChI is InChI=1S/C9H10FN.C2H6/c1-4-8(5-2)9(6-11)7(3)10;1-2/h4H,1,3,5H2,2H3;1-2H3/b9-8+;. The molecule has 2 heteroatoms. The van der Waals surface area contributed by atoms with Crippen molar-refractivity contribution < 1.29 is 4.39 Å². The summed E-state index contributed by atoms with van der Waals surface area (Å²) in [5.74, 6) is -0.691. The van der Waals surface area contributed by atoms with Gasteiger partial charge in [-0.1, -0.05) is 40.0 Å². The van der Waals surface area contributed by atoms with Crippen molar-refractivity contribution in [2.45, 2.75) is 27.2 Å². The van der Waals surface area contributed by atoms with E-state index in [1.807, 2.05) is 20.8 Å². The lowest BCUT2D eigenvalue weighted by molar-refractivity contribution is 0.660. The molecule has 0 radical (unpaired) electrons. The lowest BCUT2D eigenvalue weighted by Crippen LogP contribution is -1.85. The van der Waals surface area contributed by atoms with E-state index in [9.17, 15) is 4.39 Å². The minimum atomic E-state index is -0.691. The quantitative estimate of drug-likeness (QED) is 0.478. The molecule has 0 fully saturated rings. The van der Waals surface area contributed by atoms with Gasteiger partial charge in [-0.05, 0) is 12.0 Å². The Balaban J connectivity index is 0. The topological polar surface area (TPSA) is 23.8 Å². The molecule has 0 aromatic heterocycles. The van der Waals surface area contributed by atoms with Crippen LogP contribution >= 0.6 is 0 Å². The first-order valence-corrected chi connectivity index (χ1v) is 4.27. The van der Waals surface area contributed by atoms with Crippen molar-refractivity contribution >= 4 is 0 Å². The van der Waals surface area contributed by atoms with Gasteiger partial charge in [-0.15, -0.1) is 0 Å². The summed E-state index contributed by atoms with van der Waals surface area (Å²) < 4.78 is 12.5. The molecule has 0 amide bonds. The predicted octanol–water partition coefficient (Wildman–Crippen LogP) is 3.91. The minimum absolute atomic E-state index is 0.00231. The molecule has 0 saturated heterocycles. The third-order valence-electron chi connectivity index (χ3n) is 1.33. The number of hydrogen-bond donors (Lipinski definition) is 0. The molecule has 0 heterocycles. The molecule has 0 atom stereocenters. The highest BCUT2D eigenvalue weighted by Gasteiger charge is 2.04. The Kier molecular flexibility index (Phi) is 9.53. The van der Waals surface area contributed by atoms with E-state index in [1.165, 1.54) is 6.08 Å². The van der Waals surface area contributed by atoms with Crippen LogP contribution in [0.2, 0.25) is 0 Å².